The molecule has 0 fully saturated rings. The highest BCUT2D eigenvalue weighted by Gasteiger charge is 2.41. The average molecular weight is 498 g/mol. The van der Waals surface area contributed by atoms with Crippen molar-refractivity contribution < 1.29 is 39.9 Å². The van der Waals surface area contributed by atoms with Crippen molar-refractivity contribution in [3.8, 4) is 22.3 Å². The maximum absolute atomic E-state index is 14.8. The van der Waals surface area contributed by atoms with E-state index in [1.54, 1.807) is 12.1 Å². The molecule has 9 heteroatoms. The van der Waals surface area contributed by atoms with Crippen LogP contribution in [-0.4, -0.2) is 6.67 Å². The van der Waals surface area contributed by atoms with Crippen molar-refractivity contribution in [3.63, 3.8) is 0 Å². The SMILES string of the molecule is C/C(=C\C(F)=C(\F)CF)OC(F)(F)c1c(F)cc(-c2ccc(-c3ccc(C)cc3)cc2F)cc1F. The van der Waals surface area contributed by atoms with Crippen LogP contribution in [0.15, 0.2) is 78.1 Å². The van der Waals surface area contributed by atoms with Crippen LogP contribution in [0.2, 0.25) is 0 Å². The Balaban J connectivity index is 1.93. The Hall–Kier alpha value is -3.62. The van der Waals surface area contributed by atoms with Crippen LogP contribution in [0, 0.1) is 24.4 Å². The predicted octanol–water partition coefficient (Wildman–Crippen LogP) is 8.84. The summed E-state index contributed by atoms with van der Waals surface area (Å²) in [4.78, 5) is 0. The zero-order valence-corrected chi connectivity index (χ0v) is 18.4. The lowest BCUT2D eigenvalue weighted by atomic mass is 9.98. The van der Waals surface area contributed by atoms with Crippen LogP contribution in [0.5, 0.6) is 0 Å². The van der Waals surface area contributed by atoms with Gasteiger partial charge in [-0.1, -0.05) is 42.0 Å². The molecule has 0 heterocycles. The highest BCUT2D eigenvalue weighted by Crippen LogP contribution is 2.38. The molecule has 35 heavy (non-hydrogen) atoms. The first-order valence-corrected chi connectivity index (χ1v) is 10.1. The van der Waals surface area contributed by atoms with Gasteiger partial charge in [0.1, 0.15) is 35.4 Å². The summed E-state index contributed by atoms with van der Waals surface area (Å²) < 4.78 is 115. The first-order valence-electron chi connectivity index (χ1n) is 10.1. The van der Waals surface area contributed by atoms with Crippen molar-refractivity contribution >= 4 is 0 Å². The van der Waals surface area contributed by atoms with Gasteiger partial charge in [-0.3, -0.25) is 0 Å². The Labute approximate surface area is 196 Å². The Bertz CT molecular complexity index is 1270. The second kappa shape index (κ2) is 10.3. The highest BCUT2D eigenvalue weighted by atomic mass is 19.3. The molecular formula is C26H18F8O. The molecular weight excluding hydrogens is 480 g/mol. The third-order valence-corrected chi connectivity index (χ3v) is 4.99. The summed E-state index contributed by atoms with van der Waals surface area (Å²) in [7, 11) is 0. The molecule has 0 N–H and O–H groups in total. The van der Waals surface area contributed by atoms with E-state index >= 15 is 0 Å². The number of aryl methyl sites for hydroxylation is 1. The lowest BCUT2D eigenvalue weighted by Crippen LogP contribution is -2.21. The molecule has 3 rings (SSSR count). The van der Waals surface area contributed by atoms with Gasteiger partial charge in [0.05, 0.1) is 0 Å². The molecule has 0 bridgehead atoms. The van der Waals surface area contributed by atoms with E-state index in [9.17, 15) is 35.1 Å². The summed E-state index contributed by atoms with van der Waals surface area (Å²) in [5, 5.41) is 0. The first-order chi connectivity index (χ1) is 16.4. The molecule has 0 spiro atoms. The number of allylic oxidation sites excluding steroid dienone is 4. The van der Waals surface area contributed by atoms with E-state index in [0.717, 1.165) is 18.6 Å². The van der Waals surface area contributed by atoms with E-state index in [0.29, 0.717) is 23.3 Å². The van der Waals surface area contributed by atoms with E-state index in [1.165, 1.54) is 12.1 Å². The van der Waals surface area contributed by atoms with Crippen LogP contribution >= 0.6 is 0 Å². The first kappa shape index (κ1) is 26.0. The van der Waals surface area contributed by atoms with Gasteiger partial charge in [0.25, 0.3) is 0 Å². The van der Waals surface area contributed by atoms with E-state index in [-0.39, 0.29) is 17.2 Å². The van der Waals surface area contributed by atoms with Gasteiger partial charge in [0, 0.05) is 11.6 Å². The van der Waals surface area contributed by atoms with Crippen molar-refractivity contribution in [2.24, 2.45) is 0 Å². The third-order valence-electron chi connectivity index (χ3n) is 4.99. The number of alkyl halides is 3. The number of hydrogen-bond donors (Lipinski definition) is 0. The van der Waals surface area contributed by atoms with E-state index < -0.39 is 53.2 Å². The van der Waals surface area contributed by atoms with Crippen molar-refractivity contribution in [1.29, 1.82) is 0 Å². The minimum atomic E-state index is -4.65. The Morgan fingerprint density at radius 2 is 1.37 bits per heavy atom. The molecule has 0 saturated heterocycles. The molecule has 0 amide bonds. The zero-order valence-electron chi connectivity index (χ0n) is 18.4. The van der Waals surface area contributed by atoms with E-state index in [4.69, 9.17) is 0 Å². The third kappa shape index (κ3) is 5.90. The van der Waals surface area contributed by atoms with Crippen molar-refractivity contribution in [2.75, 3.05) is 6.67 Å². The fourth-order valence-corrected chi connectivity index (χ4v) is 3.28. The molecule has 1 nitrogen and oxygen atoms in total. The molecule has 0 atom stereocenters. The second-order valence-electron chi connectivity index (χ2n) is 7.64. The topological polar surface area (TPSA) is 9.23 Å². The number of halogens is 8. The molecule has 0 aliphatic carbocycles. The van der Waals surface area contributed by atoms with Crippen molar-refractivity contribution in [2.45, 2.75) is 20.0 Å². The van der Waals surface area contributed by atoms with Crippen LogP contribution in [-0.2, 0) is 10.8 Å². The summed E-state index contributed by atoms with van der Waals surface area (Å²) in [6, 6.07) is 12.1. The van der Waals surface area contributed by atoms with Gasteiger partial charge in [-0.15, -0.1) is 0 Å². The Morgan fingerprint density at radius 3 is 1.91 bits per heavy atom. The molecule has 3 aromatic rings. The summed E-state index contributed by atoms with van der Waals surface area (Å²) >= 11 is 0. The molecule has 0 radical (unpaired) electrons. The molecule has 0 unspecified atom stereocenters. The second-order valence-corrected chi connectivity index (χ2v) is 7.64. The number of hydrogen-bond acceptors (Lipinski definition) is 1. The summed E-state index contributed by atoms with van der Waals surface area (Å²) in [5.41, 5.74) is -0.209. The van der Waals surface area contributed by atoms with Crippen LogP contribution in [0.3, 0.4) is 0 Å². The smallest absolute Gasteiger partial charge is 0.432 e. The monoisotopic (exact) mass is 498 g/mol. The number of ether oxygens (including phenoxy) is 1. The van der Waals surface area contributed by atoms with Gasteiger partial charge in [-0.25, -0.2) is 26.3 Å². The Kier molecular flexibility index (Phi) is 7.67. The summed E-state index contributed by atoms with van der Waals surface area (Å²) in [6.45, 7) is 0.821. The number of benzene rings is 3. The van der Waals surface area contributed by atoms with E-state index in [1.807, 2.05) is 19.1 Å². The molecule has 0 aliphatic rings. The quantitative estimate of drug-likeness (QED) is 0.180. The van der Waals surface area contributed by atoms with Crippen molar-refractivity contribution in [1.82, 2.24) is 0 Å². The van der Waals surface area contributed by atoms with Crippen molar-refractivity contribution in [3.05, 3.63) is 107 Å². The molecule has 0 aromatic heterocycles. The lowest BCUT2D eigenvalue weighted by Gasteiger charge is -2.20. The number of rotatable bonds is 7. The predicted molar refractivity (Wildman–Crippen MR) is 116 cm³/mol. The van der Waals surface area contributed by atoms with Gasteiger partial charge >= 0.3 is 6.11 Å². The molecule has 0 saturated carbocycles. The minimum Gasteiger partial charge on any atom is -0.433 e. The standard InChI is InChI=1S/C26H18F8O/c1-14-3-5-16(6-4-14)17-7-8-19(20(28)10-17)18-11-22(30)25(23(31)12-18)26(33,34)35-15(2)9-21(29)24(32)13-27/h3-12H,13H2,1-2H3/b15-9+,24-21-. The van der Waals surface area contributed by atoms with Gasteiger partial charge < -0.3 is 4.74 Å². The summed E-state index contributed by atoms with van der Waals surface area (Å²) in [6.07, 6.45) is -4.54. The largest absolute Gasteiger partial charge is 0.433 e. The normalized spacial score (nSPS) is 13.0. The zero-order chi connectivity index (χ0) is 25.9. The molecule has 184 valence electrons. The molecule has 3 aromatic carbocycles. The fraction of sp³-hybridized carbons (Fsp3) is 0.154. The van der Waals surface area contributed by atoms with Gasteiger partial charge in [0.2, 0.25) is 0 Å². The van der Waals surface area contributed by atoms with Crippen LogP contribution in [0.1, 0.15) is 18.1 Å². The highest BCUT2D eigenvalue weighted by molar-refractivity contribution is 5.71. The van der Waals surface area contributed by atoms with Gasteiger partial charge in [-0.2, -0.15) is 8.78 Å². The van der Waals surface area contributed by atoms with Gasteiger partial charge in [0.15, 0.2) is 11.7 Å². The summed E-state index contributed by atoms with van der Waals surface area (Å²) in [5.74, 6) is -9.02. The lowest BCUT2D eigenvalue weighted by molar-refractivity contribution is -0.227. The van der Waals surface area contributed by atoms with E-state index in [2.05, 4.69) is 4.74 Å². The fourth-order valence-electron chi connectivity index (χ4n) is 3.28. The maximum atomic E-state index is 14.8. The molecule has 0 aliphatic heterocycles. The minimum absolute atomic E-state index is 0.109. The average Bonchev–Trinajstić information content (AvgIpc) is 2.77. The van der Waals surface area contributed by atoms with Crippen LogP contribution < -0.4 is 0 Å². The van der Waals surface area contributed by atoms with Gasteiger partial charge in [-0.05, 0) is 48.7 Å². The van der Waals surface area contributed by atoms with Crippen LogP contribution in [0.4, 0.5) is 35.1 Å². The van der Waals surface area contributed by atoms with Crippen LogP contribution in [0.25, 0.3) is 22.3 Å². The maximum Gasteiger partial charge on any atom is 0.432 e. The Morgan fingerprint density at radius 1 is 0.829 bits per heavy atom.